The number of piperidine rings is 1. The van der Waals surface area contributed by atoms with Crippen LogP contribution in [0.5, 0.6) is 5.75 Å². The number of hydrogen-bond acceptors (Lipinski definition) is 4. The summed E-state index contributed by atoms with van der Waals surface area (Å²) in [5.74, 6) is 0.215. The first-order chi connectivity index (χ1) is 10.1. The maximum absolute atomic E-state index is 11.9. The van der Waals surface area contributed by atoms with Crippen molar-refractivity contribution in [3.8, 4) is 5.75 Å². The Morgan fingerprint density at radius 1 is 1.32 bits per heavy atom. The molecule has 1 unspecified atom stereocenters. The third-order valence-corrected chi connectivity index (χ3v) is 3.36. The summed E-state index contributed by atoms with van der Waals surface area (Å²) in [7, 11) is 0. The summed E-state index contributed by atoms with van der Waals surface area (Å²) >= 11 is 0. The number of rotatable bonds is 5. The minimum atomic E-state index is -0.312. The number of para-hydroxylation sites is 1. The topological polar surface area (TPSA) is 84.7 Å². The van der Waals surface area contributed by atoms with Crippen LogP contribution in [-0.4, -0.2) is 49.0 Å². The van der Waals surface area contributed by atoms with Crippen LogP contribution in [0.15, 0.2) is 30.3 Å². The molecule has 7 heteroatoms. The van der Waals surface area contributed by atoms with E-state index in [1.54, 1.807) is 17.0 Å². The van der Waals surface area contributed by atoms with Gasteiger partial charge in [-0.2, -0.15) is 0 Å². The van der Waals surface area contributed by atoms with Gasteiger partial charge in [0, 0.05) is 19.1 Å². The zero-order valence-electron chi connectivity index (χ0n) is 12.4. The van der Waals surface area contributed by atoms with Crippen molar-refractivity contribution in [2.75, 3.05) is 26.2 Å². The van der Waals surface area contributed by atoms with Gasteiger partial charge in [-0.15, -0.1) is 12.4 Å². The van der Waals surface area contributed by atoms with Crippen molar-refractivity contribution in [3.63, 3.8) is 0 Å². The van der Waals surface area contributed by atoms with E-state index >= 15 is 0 Å². The molecule has 1 aliphatic rings. The summed E-state index contributed by atoms with van der Waals surface area (Å²) in [5, 5.41) is 2.57. The minimum absolute atomic E-state index is 0. The van der Waals surface area contributed by atoms with Crippen molar-refractivity contribution >= 4 is 24.2 Å². The second-order valence-electron chi connectivity index (χ2n) is 5.12. The first-order valence-corrected chi connectivity index (χ1v) is 7.13. The van der Waals surface area contributed by atoms with Gasteiger partial charge < -0.3 is 20.7 Å². The van der Waals surface area contributed by atoms with Gasteiger partial charge in [-0.25, -0.2) is 0 Å². The fraction of sp³-hybridized carbons (Fsp3) is 0.467. The Labute approximate surface area is 136 Å². The first kappa shape index (κ1) is 18.3. The number of nitrogens with zero attached hydrogens (tertiary/aromatic N) is 1. The Morgan fingerprint density at radius 3 is 2.73 bits per heavy atom. The van der Waals surface area contributed by atoms with Crippen LogP contribution < -0.4 is 15.8 Å². The number of ether oxygens (including phenoxy) is 1. The molecule has 122 valence electrons. The minimum Gasteiger partial charge on any atom is -0.484 e. The molecule has 1 aromatic rings. The van der Waals surface area contributed by atoms with Gasteiger partial charge in [0.15, 0.2) is 6.61 Å². The van der Waals surface area contributed by atoms with Crippen LogP contribution in [-0.2, 0) is 9.59 Å². The average molecular weight is 328 g/mol. The van der Waals surface area contributed by atoms with Crippen LogP contribution >= 0.6 is 12.4 Å². The number of carbonyl (C=O) groups excluding carboxylic acids is 2. The lowest BCUT2D eigenvalue weighted by Crippen LogP contribution is -2.49. The molecule has 3 N–H and O–H groups in total. The zero-order chi connectivity index (χ0) is 15.1. The number of benzene rings is 1. The van der Waals surface area contributed by atoms with Gasteiger partial charge in [-0.1, -0.05) is 18.2 Å². The standard InChI is InChI=1S/C15H21N3O3.ClH/c16-12-5-4-8-18(10-12)15(20)9-17-14(19)11-21-13-6-2-1-3-7-13;/h1-3,6-7,12H,4-5,8-11,16H2,(H,17,19);1H. The molecule has 1 aliphatic heterocycles. The summed E-state index contributed by atoms with van der Waals surface area (Å²) in [4.78, 5) is 25.3. The maximum atomic E-state index is 11.9. The number of hydrogen-bond donors (Lipinski definition) is 2. The number of nitrogens with one attached hydrogen (secondary N) is 1. The molecular weight excluding hydrogens is 306 g/mol. The summed E-state index contributed by atoms with van der Waals surface area (Å²) in [6.45, 7) is 1.17. The van der Waals surface area contributed by atoms with E-state index in [1.165, 1.54) is 0 Å². The average Bonchev–Trinajstić information content (AvgIpc) is 2.51. The quantitative estimate of drug-likeness (QED) is 0.827. The molecule has 1 atom stereocenters. The van der Waals surface area contributed by atoms with E-state index in [0.717, 1.165) is 12.8 Å². The first-order valence-electron chi connectivity index (χ1n) is 7.13. The normalized spacial score (nSPS) is 17.3. The highest BCUT2D eigenvalue weighted by Crippen LogP contribution is 2.08. The number of likely N-dealkylation sites (tertiary alicyclic amines) is 1. The van der Waals surface area contributed by atoms with E-state index < -0.39 is 0 Å². The summed E-state index contributed by atoms with van der Waals surface area (Å²) < 4.78 is 5.31. The zero-order valence-corrected chi connectivity index (χ0v) is 13.2. The highest BCUT2D eigenvalue weighted by molar-refractivity contribution is 5.85. The fourth-order valence-electron chi connectivity index (χ4n) is 2.24. The number of halogens is 1. The molecule has 1 aromatic carbocycles. The highest BCUT2D eigenvalue weighted by Gasteiger charge is 2.21. The molecule has 0 aromatic heterocycles. The van der Waals surface area contributed by atoms with E-state index in [9.17, 15) is 9.59 Å². The van der Waals surface area contributed by atoms with Crippen molar-refractivity contribution in [1.82, 2.24) is 10.2 Å². The summed E-state index contributed by atoms with van der Waals surface area (Å²) in [5.41, 5.74) is 5.83. The molecule has 0 bridgehead atoms. The van der Waals surface area contributed by atoms with E-state index in [1.807, 2.05) is 18.2 Å². The van der Waals surface area contributed by atoms with E-state index in [-0.39, 0.29) is 43.4 Å². The number of amides is 2. The van der Waals surface area contributed by atoms with Crippen LogP contribution in [0.25, 0.3) is 0 Å². The van der Waals surface area contributed by atoms with Crippen LogP contribution in [0.2, 0.25) is 0 Å². The van der Waals surface area contributed by atoms with Gasteiger partial charge >= 0.3 is 0 Å². The Kier molecular flexibility index (Phi) is 7.70. The second kappa shape index (κ2) is 9.27. The number of carbonyl (C=O) groups is 2. The lowest BCUT2D eigenvalue weighted by atomic mass is 10.1. The fourth-order valence-corrected chi connectivity index (χ4v) is 2.24. The van der Waals surface area contributed by atoms with E-state index in [2.05, 4.69) is 5.32 Å². The molecule has 0 radical (unpaired) electrons. The highest BCUT2D eigenvalue weighted by atomic mass is 35.5. The predicted octanol–water partition coefficient (Wildman–Crippen LogP) is 0.553. The van der Waals surface area contributed by atoms with E-state index in [0.29, 0.717) is 18.8 Å². The van der Waals surface area contributed by atoms with Gasteiger partial charge in [0.1, 0.15) is 5.75 Å². The molecule has 0 spiro atoms. The Morgan fingerprint density at radius 2 is 2.05 bits per heavy atom. The third kappa shape index (κ3) is 5.91. The molecule has 0 saturated carbocycles. The van der Waals surface area contributed by atoms with E-state index in [4.69, 9.17) is 10.5 Å². The molecule has 1 heterocycles. The van der Waals surface area contributed by atoms with Gasteiger partial charge in [0.05, 0.1) is 6.54 Å². The van der Waals surface area contributed by atoms with Crippen LogP contribution in [0, 0.1) is 0 Å². The Bertz CT molecular complexity index is 484. The predicted molar refractivity (Wildman–Crippen MR) is 86.0 cm³/mol. The smallest absolute Gasteiger partial charge is 0.258 e. The third-order valence-electron chi connectivity index (χ3n) is 3.36. The summed E-state index contributed by atoms with van der Waals surface area (Å²) in [6.07, 6.45) is 1.86. The van der Waals surface area contributed by atoms with Gasteiger partial charge in [0.25, 0.3) is 5.91 Å². The molecule has 2 rings (SSSR count). The van der Waals surface area contributed by atoms with Crippen molar-refractivity contribution in [3.05, 3.63) is 30.3 Å². The number of nitrogens with two attached hydrogens (primary N) is 1. The SMILES string of the molecule is Cl.NC1CCCN(C(=O)CNC(=O)COc2ccccc2)C1. The van der Waals surface area contributed by atoms with Gasteiger partial charge in [-0.3, -0.25) is 9.59 Å². The van der Waals surface area contributed by atoms with Gasteiger partial charge in [-0.05, 0) is 25.0 Å². The lowest BCUT2D eigenvalue weighted by molar-refractivity contribution is -0.134. The largest absolute Gasteiger partial charge is 0.484 e. The second-order valence-corrected chi connectivity index (χ2v) is 5.12. The van der Waals surface area contributed by atoms with Gasteiger partial charge in [0.2, 0.25) is 5.91 Å². The molecule has 1 saturated heterocycles. The monoisotopic (exact) mass is 327 g/mol. The lowest BCUT2D eigenvalue weighted by Gasteiger charge is -2.30. The van der Waals surface area contributed by atoms with Crippen LogP contribution in [0.1, 0.15) is 12.8 Å². The molecule has 2 amide bonds. The van der Waals surface area contributed by atoms with Crippen LogP contribution in [0.3, 0.4) is 0 Å². The van der Waals surface area contributed by atoms with Crippen LogP contribution in [0.4, 0.5) is 0 Å². The Hall–Kier alpha value is -1.79. The van der Waals surface area contributed by atoms with Crippen molar-refractivity contribution in [1.29, 1.82) is 0 Å². The van der Waals surface area contributed by atoms with Crippen molar-refractivity contribution in [2.24, 2.45) is 5.73 Å². The molecule has 22 heavy (non-hydrogen) atoms. The molecular formula is C15H22ClN3O3. The van der Waals surface area contributed by atoms with Crippen molar-refractivity contribution < 1.29 is 14.3 Å². The maximum Gasteiger partial charge on any atom is 0.258 e. The molecule has 6 nitrogen and oxygen atoms in total. The van der Waals surface area contributed by atoms with Crippen molar-refractivity contribution in [2.45, 2.75) is 18.9 Å². The Balaban J connectivity index is 0.00000242. The molecule has 1 fully saturated rings. The summed E-state index contributed by atoms with van der Waals surface area (Å²) in [6, 6.07) is 9.11. The molecule has 0 aliphatic carbocycles.